The predicted octanol–water partition coefficient (Wildman–Crippen LogP) is 3.12. The number of hydrogen-bond acceptors (Lipinski definition) is 6. The lowest BCUT2D eigenvalue weighted by Gasteiger charge is -2.31. The summed E-state index contributed by atoms with van der Waals surface area (Å²) >= 11 is 0. The van der Waals surface area contributed by atoms with Gasteiger partial charge in [0, 0.05) is 49.7 Å². The van der Waals surface area contributed by atoms with E-state index >= 15 is 0 Å². The fraction of sp³-hybridized carbons (Fsp3) is 0.304. The minimum atomic E-state index is 0.00174. The van der Waals surface area contributed by atoms with Crippen LogP contribution in [0, 0.1) is 6.92 Å². The summed E-state index contributed by atoms with van der Waals surface area (Å²) < 4.78 is 5.31. The van der Waals surface area contributed by atoms with Crippen molar-refractivity contribution in [1.29, 1.82) is 0 Å². The average Bonchev–Trinajstić information content (AvgIpc) is 2.77. The number of benzene rings is 1. The molecule has 4 rings (SSSR count). The van der Waals surface area contributed by atoms with Crippen LogP contribution in [-0.2, 0) is 13.0 Å². The molecule has 0 radical (unpaired) electrons. The molecule has 7 nitrogen and oxygen atoms in total. The number of pyridine rings is 1. The van der Waals surface area contributed by atoms with Gasteiger partial charge in [0.2, 0.25) is 0 Å². The molecule has 30 heavy (non-hydrogen) atoms. The van der Waals surface area contributed by atoms with Gasteiger partial charge in [-0.05, 0) is 49.2 Å². The van der Waals surface area contributed by atoms with Crippen molar-refractivity contribution in [2.45, 2.75) is 19.9 Å². The van der Waals surface area contributed by atoms with Gasteiger partial charge in [-0.2, -0.15) is 0 Å². The molecule has 0 unspecified atom stereocenters. The van der Waals surface area contributed by atoms with Crippen molar-refractivity contribution in [2.24, 2.45) is 0 Å². The molecule has 1 aromatic carbocycles. The third-order valence-corrected chi connectivity index (χ3v) is 5.33. The zero-order valence-corrected chi connectivity index (χ0v) is 17.7. The fourth-order valence-electron chi connectivity index (χ4n) is 3.78. The lowest BCUT2D eigenvalue weighted by molar-refractivity contribution is 0.0731. The second kappa shape index (κ2) is 8.10. The van der Waals surface area contributed by atoms with Crippen LogP contribution < -0.4 is 9.64 Å². The van der Waals surface area contributed by atoms with Crippen LogP contribution in [0.15, 0.2) is 42.7 Å². The van der Waals surface area contributed by atoms with E-state index in [2.05, 4.69) is 4.98 Å². The molecule has 0 bridgehead atoms. The number of nitrogens with zero attached hydrogens (tertiary/aromatic N) is 5. The average molecular weight is 403 g/mol. The summed E-state index contributed by atoms with van der Waals surface area (Å²) in [5.74, 6) is 2.33. The van der Waals surface area contributed by atoms with E-state index in [9.17, 15) is 4.79 Å². The number of aryl methyl sites for hydroxylation is 1. The predicted molar refractivity (Wildman–Crippen MR) is 116 cm³/mol. The molecule has 0 spiro atoms. The minimum absolute atomic E-state index is 0.00174. The number of ether oxygens (including phenoxy) is 1. The van der Waals surface area contributed by atoms with Gasteiger partial charge in [0.05, 0.1) is 19.3 Å². The highest BCUT2D eigenvalue weighted by Crippen LogP contribution is 2.29. The zero-order valence-electron chi connectivity index (χ0n) is 17.7. The van der Waals surface area contributed by atoms with Gasteiger partial charge in [-0.3, -0.25) is 9.78 Å². The summed E-state index contributed by atoms with van der Waals surface area (Å²) in [6.07, 6.45) is 4.19. The summed E-state index contributed by atoms with van der Waals surface area (Å²) in [5.41, 5.74) is 4.51. The summed E-state index contributed by atoms with van der Waals surface area (Å²) in [6, 6.07) is 9.33. The van der Waals surface area contributed by atoms with Crippen LogP contribution in [-0.4, -0.2) is 53.5 Å². The first-order valence-electron chi connectivity index (χ1n) is 9.89. The van der Waals surface area contributed by atoms with E-state index in [4.69, 9.17) is 14.7 Å². The van der Waals surface area contributed by atoms with Crippen LogP contribution in [0.4, 0.5) is 5.82 Å². The van der Waals surface area contributed by atoms with Gasteiger partial charge in [0.1, 0.15) is 11.6 Å². The number of amides is 1. The first kappa shape index (κ1) is 19.8. The van der Waals surface area contributed by atoms with E-state index in [1.54, 1.807) is 19.5 Å². The quantitative estimate of drug-likeness (QED) is 0.667. The van der Waals surface area contributed by atoms with Crippen molar-refractivity contribution >= 4 is 11.7 Å². The van der Waals surface area contributed by atoms with Crippen LogP contribution in [0.3, 0.4) is 0 Å². The van der Waals surface area contributed by atoms with Crippen LogP contribution in [0.1, 0.15) is 27.2 Å². The molecular weight excluding hydrogens is 378 g/mol. The van der Waals surface area contributed by atoms with Gasteiger partial charge in [-0.25, -0.2) is 9.97 Å². The molecule has 0 fully saturated rings. The van der Waals surface area contributed by atoms with Crippen LogP contribution >= 0.6 is 0 Å². The lowest BCUT2D eigenvalue weighted by Crippen LogP contribution is -2.37. The molecule has 3 aromatic rings. The molecule has 7 heteroatoms. The molecule has 0 N–H and O–H groups in total. The van der Waals surface area contributed by atoms with E-state index in [-0.39, 0.29) is 5.91 Å². The summed E-state index contributed by atoms with van der Waals surface area (Å²) in [6.45, 7) is 3.04. The Hall–Kier alpha value is -3.48. The van der Waals surface area contributed by atoms with Gasteiger partial charge in [-0.1, -0.05) is 0 Å². The van der Waals surface area contributed by atoms with E-state index in [0.717, 1.165) is 40.4 Å². The minimum Gasteiger partial charge on any atom is -0.496 e. The molecule has 1 aliphatic rings. The van der Waals surface area contributed by atoms with Crippen molar-refractivity contribution in [2.75, 3.05) is 32.6 Å². The lowest BCUT2D eigenvalue weighted by atomic mass is 10.0. The maximum absolute atomic E-state index is 13.2. The van der Waals surface area contributed by atoms with Crippen molar-refractivity contribution < 1.29 is 9.53 Å². The monoisotopic (exact) mass is 403 g/mol. The maximum atomic E-state index is 13.2. The van der Waals surface area contributed by atoms with Gasteiger partial charge in [0.15, 0.2) is 5.82 Å². The van der Waals surface area contributed by atoms with E-state index in [1.807, 2.05) is 61.2 Å². The first-order valence-corrected chi connectivity index (χ1v) is 9.89. The Balaban J connectivity index is 1.68. The fourth-order valence-corrected chi connectivity index (χ4v) is 3.78. The Kier molecular flexibility index (Phi) is 5.35. The molecule has 0 atom stereocenters. The second-order valence-electron chi connectivity index (χ2n) is 7.59. The van der Waals surface area contributed by atoms with Crippen molar-refractivity contribution in [3.63, 3.8) is 0 Å². The van der Waals surface area contributed by atoms with Crippen molar-refractivity contribution in [1.82, 2.24) is 19.9 Å². The summed E-state index contributed by atoms with van der Waals surface area (Å²) in [4.78, 5) is 30.7. The number of aromatic nitrogens is 3. The van der Waals surface area contributed by atoms with E-state index in [0.29, 0.717) is 24.5 Å². The number of rotatable bonds is 4. The number of carbonyl (C=O) groups excluding carboxylic acids is 1. The number of fused-ring (bicyclic) bond motifs is 1. The molecule has 3 heterocycles. The Morgan fingerprint density at radius 1 is 1.13 bits per heavy atom. The standard InChI is InChI=1S/C23H25N5O2/c1-15-13-17(5-6-20(15)30-4)23(29)28-12-9-18-19(14-28)25-21(26-22(18)27(2)3)16-7-10-24-11-8-16/h5-8,10-11,13H,9,12,14H2,1-4H3. The molecule has 0 saturated carbocycles. The Morgan fingerprint density at radius 2 is 1.90 bits per heavy atom. The molecular formula is C23H25N5O2. The van der Waals surface area contributed by atoms with Gasteiger partial charge < -0.3 is 14.5 Å². The Bertz CT molecular complexity index is 1080. The molecule has 0 saturated heterocycles. The molecule has 1 aliphatic heterocycles. The number of anilines is 1. The second-order valence-corrected chi connectivity index (χ2v) is 7.59. The van der Waals surface area contributed by atoms with E-state index < -0.39 is 0 Å². The summed E-state index contributed by atoms with van der Waals surface area (Å²) in [5, 5.41) is 0. The highest BCUT2D eigenvalue weighted by atomic mass is 16.5. The van der Waals surface area contributed by atoms with Crippen LogP contribution in [0.25, 0.3) is 11.4 Å². The Morgan fingerprint density at radius 3 is 2.57 bits per heavy atom. The molecule has 1 amide bonds. The SMILES string of the molecule is COc1ccc(C(=O)N2CCc3c(nc(-c4ccncc4)nc3N(C)C)C2)cc1C. The third kappa shape index (κ3) is 3.70. The Labute approximate surface area is 176 Å². The number of hydrogen-bond donors (Lipinski definition) is 0. The third-order valence-electron chi connectivity index (χ3n) is 5.33. The largest absolute Gasteiger partial charge is 0.496 e. The summed E-state index contributed by atoms with van der Waals surface area (Å²) in [7, 11) is 5.60. The number of methoxy groups -OCH3 is 1. The maximum Gasteiger partial charge on any atom is 0.254 e. The number of carbonyl (C=O) groups is 1. The normalized spacial score (nSPS) is 13.0. The smallest absolute Gasteiger partial charge is 0.254 e. The van der Waals surface area contributed by atoms with Gasteiger partial charge in [-0.15, -0.1) is 0 Å². The van der Waals surface area contributed by atoms with Crippen LogP contribution in [0.5, 0.6) is 5.75 Å². The van der Waals surface area contributed by atoms with Gasteiger partial charge in [0.25, 0.3) is 5.91 Å². The van der Waals surface area contributed by atoms with Crippen LogP contribution in [0.2, 0.25) is 0 Å². The molecule has 0 aliphatic carbocycles. The van der Waals surface area contributed by atoms with Crippen molar-refractivity contribution in [3.8, 4) is 17.1 Å². The molecule has 2 aromatic heterocycles. The molecule has 154 valence electrons. The first-order chi connectivity index (χ1) is 14.5. The van der Waals surface area contributed by atoms with E-state index in [1.165, 1.54) is 0 Å². The highest BCUT2D eigenvalue weighted by molar-refractivity contribution is 5.94. The highest BCUT2D eigenvalue weighted by Gasteiger charge is 2.27. The topological polar surface area (TPSA) is 71.5 Å². The zero-order chi connectivity index (χ0) is 21.3. The van der Waals surface area contributed by atoms with Crippen molar-refractivity contribution in [3.05, 3.63) is 65.1 Å². The van der Waals surface area contributed by atoms with Gasteiger partial charge >= 0.3 is 0 Å².